The molecule has 0 saturated heterocycles. The smallest absolute Gasteiger partial charge is 0.326 e. The van der Waals surface area contributed by atoms with E-state index < -0.39 is 54.0 Å². The minimum absolute atomic E-state index is 0.00526. The maximum absolute atomic E-state index is 13.6. The molecule has 5 aromatic rings. The van der Waals surface area contributed by atoms with E-state index in [1.165, 1.54) is 19.1 Å². The fourth-order valence-corrected chi connectivity index (χ4v) is 5.63. The lowest BCUT2D eigenvalue weighted by Crippen LogP contribution is -2.60. The second-order valence-corrected chi connectivity index (χ2v) is 11.8. The molecule has 10 N–H and O–H groups in total. The van der Waals surface area contributed by atoms with Crippen molar-refractivity contribution in [2.24, 2.45) is 5.73 Å². The molecule has 5 unspecified atom stereocenters. The fourth-order valence-electron chi connectivity index (χ4n) is 5.63. The molecule has 0 aliphatic rings. The van der Waals surface area contributed by atoms with Gasteiger partial charge in [0.05, 0.1) is 12.1 Å². The van der Waals surface area contributed by atoms with Crippen LogP contribution in [-0.2, 0) is 38.4 Å². The Labute approximate surface area is 275 Å². The Balaban J connectivity index is 1.31. The molecular weight excluding hydrogens is 616 g/mol. The summed E-state index contributed by atoms with van der Waals surface area (Å²) in [5, 5.41) is 39.5. The third kappa shape index (κ3) is 8.00. The zero-order valence-corrected chi connectivity index (χ0v) is 26.1. The zero-order chi connectivity index (χ0) is 34.4. The zero-order valence-electron chi connectivity index (χ0n) is 26.1. The van der Waals surface area contributed by atoms with Gasteiger partial charge in [0.25, 0.3) is 0 Å². The Morgan fingerprint density at radius 2 is 1.25 bits per heavy atom. The number of nitrogens with one attached hydrogen (secondary N) is 5. The van der Waals surface area contributed by atoms with E-state index in [2.05, 4.69) is 25.9 Å². The van der Waals surface area contributed by atoms with Crippen molar-refractivity contribution in [1.29, 1.82) is 0 Å². The minimum Gasteiger partial charge on any atom is -0.508 e. The van der Waals surface area contributed by atoms with E-state index in [-0.39, 0.29) is 25.0 Å². The standard InChI is InChI=1S/C35H38N6O7/c1-19(42)31(41-32(44)26(36)15-21-17-37-27-8-4-2-6-24(21)27)34(46)39-29(14-20-10-12-23(43)13-11-20)33(45)40-30(35(47)48)16-22-18-38-28-9-5-3-7-25(22)28/h2-13,17-19,26,29-31,37-38,42-43H,14-16,36H2,1H3,(H,39,46)(H,40,45)(H,41,44)(H,47,48). The van der Waals surface area contributed by atoms with Crippen LogP contribution >= 0.6 is 0 Å². The summed E-state index contributed by atoms with van der Waals surface area (Å²) in [6, 6.07) is 15.6. The van der Waals surface area contributed by atoms with Gasteiger partial charge in [0.1, 0.15) is 23.9 Å². The quantitative estimate of drug-likeness (QED) is 0.0854. The number of phenols is 1. The van der Waals surface area contributed by atoms with Crippen molar-refractivity contribution in [3.63, 3.8) is 0 Å². The van der Waals surface area contributed by atoms with Crippen LogP contribution in [0, 0.1) is 0 Å². The highest BCUT2D eigenvalue weighted by Gasteiger charge is 2.33. The van der Waals surface area contributed by atoms with Crippen LogP contribution in [-0.4, -0.2) is 79.2 Å². The molecule has 5 rings (SSSR count). The van der Waals surface area contributed by atoms with Gasteiger partial charge >= 0.3 is 5.97 Å². The number of hydrogen-bond acceptors (Lipinski definition) is 7. The number of para-hydroxylation sites is 2. The minimum atomic E-state index is -1.48. The Bertz CT molecular complexity index is 1920. The molecule has 250 valence electrons. The third-order valence-corrected chi connectivity index (χ3v) is 8.24. The molecule has 0 spiro atoms. The molecule has 2 aromatic heterocycles. The van der Waals surface area contributed by atoms with Crippen LogP contribution in [0.3, 0.4) is 0 Å². The number of amides is 3. The van der Waals surface area contributed by atoms with Crippen LogP contribution in [0.25, 0.3) is 21.8 Å². The number of carbonyl (C=O) groups excluding carboxylic acids is 3. The lowest BCUT2D eigenvalue weighted by Gasteiger charge is -2.26. The Morgan fingerprint density at radius 1 is 0.708 bits per heavy atom. The van der Waals surface area contributed by atoms with Crippen LogP contribution in [0.2, 0.25) is 0 Å². The number of aliphatic carboxylic acids is 1. The van der Waals surface area contributed by atoms with Crippen molar-refractivity contribution in [3.05, 3.63) is 102 Å². The van der Waals surface area contributed by atoms with Crippen molar-refractivity contribution in [2.45, 2.75) is 56.5 Å². The van der Waals surface area contributed by atoms with E-state index in [0.717, 1.165) is 27.4 Å². The molecule has 48 heavy (non-hydrogen) atoms. The van der Waals surface area contributed by atoms with Crippen molar-refractivity contribution in [3.8, 4) is 5.75 Å². The number of carboxylic acid groups (broad SMARTS) is 1. The van der Waals surface area contributed by atoms with E-state index in [1.807, 2.05) is 48.5 Å². The molecule has 3 amide bonds. The van der Waals surface area contributed by atoms with Crippen molar-refractivity contribution in [2.75, 3.05) is 0 Å². The van der Waals surface area contributed by atoms with Gasteiger partial charge in [-0.15, -0.1) is 0 Å². The monoisotopic (exact) mass is 654 g/mol. The number of aromatic hydroxyl groups is 1. The Kier molecular flexibility index (Phi) is 10.4. The Hall–Kier alpha value is -5.66. The largest absolute Gasteiger partial charge is 0.508 e. The number of aliphatic hydroxyl groups is 1. The number of carbonyl (C=O) groups is 4. The summed E-state index contributed by atoms with van der Waals surface area (Å²) in [5.41, 5.74) is 9.93. The summed E-state index contributed by atoms with van der Waals surface area (Å²) >= 11 is 0. The molecule has 0 radical (unpaired) electrons. The van der Waals surface area contributed by atoms with Gasteiger partial charge in [-0.1, -0.05) is 48.5 Å². The van der Waals surface area contributed by atoms with Crippen molar-refractivity contribution >= 4 is 45.5 Å². The van der Waals surface area contributed by atoms with Gasteiger partial charge in [-0.3, -0.25) is 14.4 Å². The van der Waals surface area contributed by atoms with Gasteiger partial charge in [-0.25, -0.2) is 4.79 Å². The highest BCUT2D eigenvalue weighted by atomic mass is 16.4. The molecule has 0 saturated carbocycles. The first-order valence-electron chi connectivity index (χ1n) is 15.5. The van der Waals surface area contributed by atoms with Crippen LogP contribution < -0.4 is 21.7 Å². The first kappa shape index (κ1) is 33.7. The number of phenolic OH excluding ortho intramolecular Hbond substituents is 1. The van der Waals surface area contributed by atoms with E-state index in [4.69, 9.17) is 5.73 Å². The number of nitrogens with two attached hydrogens (primary N) is 1. The SMILES string of the molecule is CC(O)C(NC(=O)C(N)Cc1c[nH]c2ccccc12)C(=O)NC(Cc1ccc(O)cc1)C(=O)NC(Cc1c[nH]c2ccccc12)C(=O)O. The number of carboxylic acids is 1. The van der Waals surface area contributed by atoms with E-state index >= 15 is 0 Å². The predicted octanol–water partition coefficient (Wildman–Crippen LogP) is 1.63. The second kappa shape index (κ2) is 14.8. The number of H-pyrrole nitrogens is 2. The number of aromatic amines is 2. The average molecular weight is 655 g/mol. The first-order valence-corrected chi connectivity index (χ1v) is 15.5. The summed E-state index contributed by atoms with van der Waals surface area (Å²) in [5.74, 6) is -3.64. The normalized spacial score (nSPS) is 14.5. The van der Waals surface area contributed by atoms with Crippen LogP contribution in [0.4, 0.5) is 0 Å². The van der Waals surface area contributed by atoms with Gasteiger partial charge in [-0.2, -0.15) is 0 Å². The molecule has 13 heteroatoms. The van der Waals surface area contributed by atoms with E-state index in [0.29, 0.717) is 11.1 Å². The third-order valence-electron chi connectivity index (χ3n) is 8.24. The number of rotatable bonds is 14. The maximum atomic E-state index is 13.6. The first-order chi connectivity index (χ1) is 23.0. The van der Waals surface area contributed by atoms with E-state index in [9.17, 15) is 34.5 Å². The van der Waals surface area contributed by atoms with Gasteiger partial charge in [0.2, 0.25) is 17.7 Å². The summed E-state index contributed by atoms with van der Waals surface area (Å²) < 4.78 is 0. The highest BCUT2D eigenvalue weighted by Crippen LogP contribution is 2.20. The van der Waals surface area contributed by atoms with Gasteiger partial charge in [0, 0.05) is 47.0 Å². The number of benzene rings is 3. The number of fused-ring (bicyclic) bond motifs is 2. The summed E-state index contributed by atoms with van der Waals surface area (Å²) in [6.07, 6.45) is 2.10. The average Bonchev–Trinajstić information content (AvgIpc) is 3.67. The number of hydrogen-bond donors (Lipinski definition) is 9. The van der Waals surface area contributed by atoms with Gasteiger partial charge in [0.15, 0.2) is 0 Å². The van der Waals surface area contributed by atoms with Crippen LogP contribution in [0.15, 0.2) is 85.2 Å². The van der Waals surface area contributed by atoms with Gasteiger partial charge in [-0.05, 0) is 54.3 Å². The molecule has 5 atom stereocenters. The molecule has 13 nitrogen and oxygen atoms in total. The molecule has 0 aliphatic carbocycles. The molecule has 0 bridgehead atoms. The summed E-state index contributed by atoms with van der Waals surface area (Å²) in [7, 11) is 0. The number of aliphatic hydroxyl groups excluding tert-OH is 1. The highest BCUT2D eigenvalue weighted by molar-refractivity contribution is 5.95. The fraction of sp³-hybridized carbons (Fsp3) is 0.257. The maximum Gasteiger partial charge on any atom is 0.326 e. The Morgan fingerprint density at radius 3 is 1.81 bits per heavy atom. The summed E-state index contributed by atoms with van der Waals surface area (Å²) in [4.78, 5) is 58.8. The van der Waals surface area contributed by atoms with E-state index in [1.54, 1.807) is 24.5 Å². The van der Waals surface area contributed by atoms with Crippen molar-refractivity contribution < 1.29 is 34.5 Å². The van der Waals surface area contributed by atoms with Crippen molar-refractivity contribution in [1.82, 2.24) is 25.9 Å². The molecule has 0 aliphatic heterocycles. The second-order valence-electron chi connectivity index (χ2n) is 11.8. The molecular formula is C35H38N6O7. The lowest BCUT2D eigenvalue weighted by molar-refractivity contribution is -0.142. The van der Waals surface area contributed by atoms with Crippen LogP contribution in [0.5, 0.6) is 5.75 Å². The molecule has 2 heterocycles. The number of aromatic nitrogens is 2. The molecule has 0 fully saturated rings. The van der Waals surface area contributed by atoms with Gasteiger partial charge < -0.3 is 47.0 Å². The van der Waals surface area contributed by atoms with Crippen LogP contribution in [0.1, 0.15) is 23.6 Å². The topological polar surface area (TPSA) is 223 Å². The lowest BCUT2D eigenvalue weighted by atomic mass is 10.0. The summed E-state index contributed by atoms with van der Waals surface area (Å²) in [6.45, 7) is 1.31. The molecule has 3 aromatic carbocycles. The predicted molar refractivity (Wildman–Crippen MR) is 179 cm³/mol.